The first kappa shape index (κ1) is 14.3. The molecule has 0 radical (unpaired) electrons. The average Bonchev–Trinajstić information content (AvgIpc) is 2.91. The number of amides is 1. The largest absolute Gasteiger partial charge is 0.354 e. The number of carbonyl (C=O) groups is 2. The third-order valence-electron chi connectivity index (χ3n) is 4.66. The van der Waals surface area contributed by atoms with Gasteiger partial charge in [0.25, 0.3) is 0 Å². The molecule has 2 saturated heterocycles. The lowest BCUT2D eigenvalue weighted by Gasteiger charge is -2.35. The lowest BCUT2D eigenvalue weighted by molar-refractivity contribution is -0.124. The smallest absolute Gasteiger partial charge is 0.224 e. The van der Waals surface area contributed by atoms with Crippen molar-refractivity contribution in [2.24, 2.45) is 5.92 Å². The molecule has 0 spiro atoms. The van der Waals surface area contributed by atoms with Gasteiger partial charge in [-0.25, -0.2) is 0 Å². The summed E-state index contributed by atoms with van der Waals surface area (Å²) in [5.41, 5.74) is 0.798. The molecule has 1 N–H and O–H groups in total. The standard InChI is InChI=1S/C17H22N2O2/c20-16(13-6-2-1-3-7-13)9-5-11-19-10-4-8-14-15(19)12-18-17(14)21/h1-3,6-7,14-15H,4-5,8-12H2,(H,18,21). The molecule has 2 fully saturated rings. The predicted molar refractivity (Wildman–Crippen MR) is 81.1 cm³/mol. The zero-order chi connectivity index (χ0) is 14.7. The fraction of sp³-hybridized carbons (Fsp3) is 0.529. The van der Waals surface area contributed by atoms with Crippen LogP contribution < -0.4 is 5.32 Å². The Labute approximate surface area is 125 Å². The van der Waals surface area contributed by atoms with E-state index in [0.29, 0.717) is 12.5 Å². The molecule has 0 aromatic heterocycles. The SMILES string of the molecule is O=C(CCCN1CCCC2C(=O)NCC21)c1ccccc1. The Hall–Kier alpha value is -1.68. The molecule has 2 aliphatic rings. The number of piperidine rings is 1. The van der Waals surface area contributed by atoms with Gasteiger partial charge in [0.2, 0.25) is 5.91 Å². The summed E-state index contributed by atoms with van der Waals surface area (Å²) in [4.78, 5) is 26.2. The van der Waals surface area contributed by atoms with Crippen LogP contribution in [0.3, 0.4) is 0 Å². The van der Waals surface area contributed by atoms with E-state index >= 15 is 0 Å². The quantitative estimate of drug-likeness (QED) is 0.841. The fourth-order valence-corrected chi connectivity index (χ4v) is 3.53. The number of hydrogen-bond acceptors (Lipinski definition) is 3. The number of rotatable bonds is 5. The molecule has 2 atom stereocenters. The van der Waals surface area contributed by atoms with E-state index in [-0.39, 0.29) is 17.6 Å². The molecule has 1 amide bonds. The second-order valence-corrected chi connectivity index (χ2v) is 5.99. The first-order valence-corrected chi connectivity index (χ1v) is 7.86. The van der Waals surface area contributed by atoms with Crippen LogP contribution >= 0.6 is 0 Å². The molecule has 0 bridgehead atoms. The minimum absolute atomic E-state index is 0.170. The van der Waals surface area contributed by atoms with Crippen LogP contribution in [-0.2, 0) is 4.79 Å². The van der Waals surface area contributed by atoms with E-state index in [1.165, 1.54) is 0 Å². The Morgan fingerprint density at radius 3 is 2.90 bits per heavy atom. The summed E-state index contributed by atoms with van der Waals surface area (Å²) in [7, 11) is 0. The molecule has 112 valence electrons. The Morgan fingerprint density at radius 1 is 1.29 bits per heavy atom. The second-order valence-electron chi connectivity index (χ2n) is 5.99. The molecule has 2 heterocycles. The van der Waals surface area contributed by atoms with Gasteiger partial charge in [0.1, 0.15) is 0 Å². The van der Waals surface area contributed by atoms with E-state index in [2.05, 4.69) is 10.2 Å². The molecule has 0 saturated carbocycles. The van der Waals surface area contributed by atoms with Crippen molar-refractivity contribution in [3.8, 4) is 0 Å². The van der Waals surface area contributed by atoms with Gasteiger partial charge in [-0.1, -0.05) is 30.3 Å². The highest BCUT2D eigenvalue weighted by Gasteiger charge is 2.40. The lowest BCUT2D eigenvalue weighted by atomic mass is 9.91. The third-order valence-corrected chi connectivity index (χ3v) is 4.66. The van der Waals surface area contributed by atoms with Crippen LogP contribution in [0.4, 0.5) is 0 Å². The molecule has 4 nitrogen and oxygen atoms in total. The highest BCUT2D eigenvalue weighted by atomic mass is 16.2. The van der Waals surface area contributed by atoms with E-state index in [1.807, 2.05) is 30.3 Å². The summed E-state index contributed by atoms with van der Waals surface area (Å²) < 4.78 is 0. The molecule has 1 aromatic carbocycles. The maximum Gasteiger partial charge on any atom is 0.224 e. The monoisotopic (exact) mass is 286 g/mol. The van der Waals surface area contributed by atoms with Crippen molar-refractivity contribution in [1.82, 2.24) is 10.2 Å². The van der Waals surface area contributed by atoms with Crippen LogP contribution in [0.5, 0.6) is 0 Å². The molecule has 21 heavy (non-hydrogen) atoms. The Balaban J connectivity index is 1.49. The zero-order valence-electron chi connectivity index (χ0n) is 12.3. The summed E-state index contributed by atoms with van der Waals surface area (Å²) in [6, 6.07) is 9.82. The summed E-state index contributed by atoms with van der Waals surface area (Å²) in [6.45, 7) is 2.74. The van der Waals surface area contributed by atoms with Crippen molar-refractivity contribution >= 4 is 11.7 Å². The summed E-state index contributed by atoms with van der Waals surface area (Å²) in [5.74, 6) is 0.596. The average molecular weight is 286 g/mol. The van der Waals surface area contributed by atoms with Gasteiger partial charge in [0.05, 0.1) is 5.92 Å². The first-order chi connectivity index (χ1) is 10.3. The van der Waals surface area contributed by atoms with Gasteiger partial charge in [0.15, 0.2) is 5.78 Å². The molecular formula is C17H22N2O2. The molecular weight excluding hydrogens is 264 g/mol. The number of carbonyl (C=O) groups excluding carboxylic acids is 2. The topological polar surface area (TPSA) is 49.4 Å². The Bertz CT molecular complexity index is 515. The maximum absolute atomic E-state index is 12.1. The van der Waals surface area contributed by atoms with Crippen molar-refractivity contribution in [3.63, 3.8) is 0 Å². The number of Topliss-reactive ketones (excluding diaryl/α,β-unsaturated/α-hetero) is 1. The summed E-state index contributed by atoms with van der Waals surface area (Å²) in [5, 5.41) is 2.97. The molecule has 1 aromatic rings. The Morgan fingerprint density at radius 2 is 2.10 bits per heavy atom. The highest BCUT2D eigenvalue weighted by Crippen LogP contribution is 2.27. The van der Waals surface area contributed by atoms with Crippen molar-refractivity contribution in [1.29, 1.82) is 0 Å². The fourth-order valence-electron chi connectivity index (χ4n) is 3.53. The zero-order valence-corrected chi connectivity index (χ0v) is 12.3. The van der Waals surface area contributed by atoms with Gasteiger partial charge in [-0.15, -0.1) is 0 Å². The molecule has 4 heteroatoms. The number of fused-ring (bicyclic) bond motifs is 1. The lowest BCUT2D eigenvalue weighted by Crippen LogP contribution is -2.45. The van der Waals surface area contributed by atoms with Gasteiger partial charge >= 0.3 is 0 Å². The van der Waals surface area contributed by atoms with E-state index in [9.17, 15) is 9.59 Å². The molecule has 3 rings (SSSR count). The summed E-state index contributed by atoms with van der Waals surface area (Å²) >= 11 is 0. The van der Waals surface area contributed by atoms with E-state index in [0.717, 1.165) is 44.5 Å². The van der Waals surface area contributed by atoms with Gasteiger partial charge in [-0.05, 0) is 32.4 Å². The number of ketones is 1. The number of nitrogens with one attached hydrogen (secondary N) is 1. The van der Waals surface area contributed by atoms with E-state index in [1.54, 1.807) is 0 Å². The minimum atomic E-state index is 0.170. The van der Waals surface area contributed by atoms with Crippen molar-refractivity contribution < 1.29 is 9.59 Å². The van der Waals surface area contributed by atoms with Crippen LogP contribution in [0.25, 0.3) is 0 Å². The van der Waals surface area contributed by atoms with Gasteiger partial charge in [-0.2, -0.15) is 0 Å². The van der Waals surface area contributed by atoms with Crippen LogP contribution in [0.15, 0.2) is 30.3 Å². The summed E-state index contributed by atoms with van der Waals surface area (Å²) in [6.07, 6.45) is 3.54. The third kappa shape index (κ3) is 3.16. The van der Waals surface area contributed by atoms with Crippen LogP contribution in [0, 0.1) is 5.92 Å². The molecule has 2 aliphatic heterocycles. The Kier molecular flexibility index (Phi) is 4.34. The number of hydrogen-bond donors (Lipinski definition) is 1. The van der Waals surface area contributed by atoms with Gasteiger partial charge < -0.3 is 5.32 Å². The highest BCUT2D eigenvalue weighted by molar-refractivity contribution is 5.95. The molecule has 0 aliphatic carbocycles. The molecule has 2 unspecified atom stereocenters. The normalized spacial score (nSPS) is 25.4. The number of benzene rings is 1. The van der Waals surface area contributed by atoms with E-state index < -0.39 is 0 Å². The van der Waals surface area contributed by atoms with E-state index in [4.69, 9.17) is 0 Å². The van der Waals surface area contributed by atoms with Crippen LogP contribution in [0.1, 0.15) is 36.0 Å². The van der Waals surface area contributed by atoms with Gasteiger partial charge in [-0.3, -0.25) is 14.5 Å². The van der Waals surface area contributed by atoms with Gasteiger partial charge in [0, 0.05) is 24.6 Å². The second kappa shape index (κ2) is 6.39. The number of nitrogens with zero attached hydrogens (tertiary/aromatic N) is 1. The minimum Gasteiger partial charge on any atom is -0.354 e. The van der Waals surface area contributed by atoms with Crippen molar-refractivity contribution in [2.75, 3.05) is 19.6 Å². The number of likely N-dealkylation sites (tertiary alicyclic amines) is 1. The van der Waals surface area contributed by atoms with Crippen LogP contribution in [-0.4, -0.2) is 42.3 Å². The van der Waals surface area contributed by atoms with Crippen molar-refractivity contribution in [2.45, 2.75) is 31.7 Å². The maximum atomic E-state index is 12.1. The van der Waals surface area contributed by atoms with Crippen molar-refractivity contribution in [3.05, 3.63) is 35.9 Å². The predicted octanol–water partition coefficient (Wildman–Crippen LogP) is 1.86. The van der Waals surface area contributed by atoms with Crippen LogP contribution in [0.2, 0.25) is 0 Å². The first-order valence-electron chi connectivity index (χ1n) is 7.86.